The molecule has 4 N–H and O–H groups in total. The molecule has 1 unspecified atom stereocenters. The van der Waals surface area contributed by atoms with Crippen LogP contribution < -0.4 is 11.1 Å². The van der Waals surface area contributed by atoms with Gasteiger partial charge in [0, 0.05) is 38.5 Å². The minimum atomic E-state index is -1.18. The van der Waals surface area contributed by atoms with Crippen LogP contribution in [0.5, 0.6) is 0 Å². The van der Waals surface area contributed by atoms with Crippen LogP contribution in [0, 0.1) is 0 Å². The lowest BCUT2D eigenvalue weighted by Gasteiger charge is -2.34. The first-order valence-corrected chi connectivity index (χ1v) is 6.38. The lowest BCUT2D eigenvalue weighted by molar-refractivity contribution is -0.152. The second kappa shape index (κ2) is 6.70. The number of amides is 1. The molecule has 1 fully saturated rings. The SMILES string of the molecule is CCCC(N)CC(=O)NC1(C(=O)O)CCOCC1. The number of ether oxygens (including phenoxy) is 1. The Morgan fingerprint density at radius 2 is 2.06 bits per heavy atom. The minimum absolute atomic E-state index is 0.170. The van der Waals surface area contributed by atoms with E-state index in [1.807, 2.05) is 6.92 Å². The minimum Gasteiger partial charge on any atom is -0.480 e. The molecule has 0 aromatic carbocycles. The average Bonchev–Trinajstić information content (AvgIpc) is 2.29. The summed E-state index contributed by atoms with van der Waals surface area (Å²) in [7, 11) is 0. The molecule has 6 nitrogen and oxygen atoms in total. The molecule has 6 heteroatoms. The number of carbonyl (C=O) groups excluding carboxylic acids is 1. The quantitative estimate of drug-likeness (QED) is 0.634. The maximum atomic E-state index is 11.8. The smallest absolute Gasteiger partial charge is 0.329 e. The topological polar surface area (TPSA) is 102 Å². The zero-order chi connectivity index (χ0) is 13.6. The van der Waals surface area contributed by atoms with Gasteiger partial charge in [0.05, 0.1) is 0 Å². The molecule has 1 amide bonds. The Kier molecular flexibility index (Phi) is 5.55. The van der Waals surface area contributed by atoms with Crippen LogP contribution in [0.2, 0.25) is 0 Å². The van der Waals surface area contributed by atoms with Crippen molar-refractivity contribution < 1.29 is 19.4 Å². The Labute approximate surface area is 107 Å². The molecular weight excluding hydrogens is 236 g/mol. The number of hydrogen-bond donors (Lipinski definition) is 3. The zero-order valence-corrected chi connectivity index (χ0v) is 10.8. The molecule has 1 atom stereocenters. The Morgan fingerprint density at radius 1 is 1.44 bits per heavy atom. The summed E-state index contributed by atoms with van der Waals surface area (Å²) in [5.41, 5.74) is 4.60. The predicted molar refractivity (Wildman–Crippen MR) is 66.1 cm³/mol. The van der Waals surface area contributed by atoms with E-state index in [1.54, 1.807) is 0 Å². The maximum absolute atomic E-state index is 11.8. The van der Waals surface area contributed by atoms with Gasteiger partial charge in [-0.2, -0.15) is 0 Å². The number of nitrogens with one attached hydrogen (secondary N) is 1. The summed E-state index contributed by atoms with van der Waals surface area (Å²) in [4.78, 5) is 23.1. The van der Waals surface area contributed by atoms with Crippen molar-refractivity contribution in [3.05, 3.63) is 0 Å². The predicted octanol–water partition coefficient (Wildman–Crippen LogP) is 0.254. The van der Waals surface area contributed by atoms with E-state index in [9.17, 15) is 14.7 Å². The van der Waals surface area contributed by atoms with Crippen LogP contribution in [0.3, 0.4) is 0 Å². The lowest BCUT2D eigenvalue weighted by atomic mass is 9.89. The van der Waals surface area contributed by atoms with E-state index in [4.69, 9.17) is 10.5 Å². The molecule has 0 aromatic rings. The molecule has 1 heterocycles. The fourth-order valence-electron chi connectivity index (χ4n) is 2.14. The summed E-state index contributed by atoms with van der Waals surface area (Å²) in [6.07, 6.45) is 2.45. The summed E-state index contributed by atoms with van der Waals surface area (Å²) in [6, 6.07) is -0.208. The van der Waals surface area contributed by atoms with Gasteiger partial charge in [-0.05, 0) is 6.42 Å². The van der Waals surface area contributed by atoms with Gasteiger partial charge in [0.1, 0.15) is 5.54 Å². The van der Waals surface area contributed by atoms with E-state index in [0.29, 0.717) is 26.1 Å². The van der Waals surface area contributed by atoms with Gasteiger partial charge in [0.15, 0.2) is 0 Å². The third kappa shape index (κ3) is 3.96. The third-order valence-corrected chi connectivity index (χ3v) is 3.24. The number of carboxylic acid groups (broad SMARTS) is 1. The van der Waals surface area contributed by atoms with Crippen molar-refractivity contribution in [2.24, 2.45) is 5.73 Å². The second-order valence-electron chi connectivity index (χ2n) is 4.80. The molecule has 1 aliphatic rings. The number of rotatable bonds is 6. The first-order valence-electron chi connectivity index (χ1n) is 6.38. The molecule has 0 aromatic heterocycles. The largest absolute Gasteiger partial charge is 0.480 e. The molecule has 0 aliphatic carbocycles. The highest BCUT2D eigenvalue weighted by molar-refractivity contribution is 5.87. The summed E-state index contributed by atoms with van der Waals surface area (Å²) in [6.45, 7) is 2.70. The van der Waals surface area contributed by atoms with Crippen LogP contribution >= 0.6 is 0 Å². The van der Waals surface area contributed by atoms with Gasteiger partial charge >= 0.3 is 5.97 Å². The molecule has 0 spiro atoms. The molecule has 0 saturated carbocycles. The van der Waals surface area contributed by atoms with E-state index in [0.717, 1.165) is 12.8 Å². The van der Waals surface area contributed by atoms with E-state index in [-0.39, 0.29) is 18.4 Å². The first-order chi connectivity index (χ1) is 8.50. The van der Waals surface area contributed by atoms with Gasteiger partial charge in [0.25, 0.3) is 0 Å². The molecule has 1 saturated heterocycles. The van der Waals surface area contributed by atoms with Crippen LogP contribution in [-0.2, 0) is 14.3 Å². The van der Waals surface area contributed by atoms with Gasteiger partial charge in [-0.25, -0.2) is 4.79 Å². The number of nitrogens with two attached hydrogens (primary N) is 1. The van der Waals surface area contributed by atoms with Gasteiger partial charge in [0.2, 0.25) is 5.91 Å². The highest BCUT2D eigenvalue weighted by Crippen LogP contribution is 2.21. The standard InChI is InChI=1S/C12H22N2O4/c1-2-3-9(13)8-10(15)14-12(11(16)17)4-6-18-7-5-12/h9H,2-8,13H2,1H3,(H,14,15)(H,16,17). The lowest BCUT2D eigenvalue weighted by Crippen LogP contribution is -2.58. The van der Waals surface area contributed by atoms with Crippen molar-refractivity contribution in [2.45, 2.75) is 50.6 Å². The maximum Gasteiger partial charge on any atom is 0.329 e. The Hall–Kier alpha value is -1.14. The van der Waals surface area contributed by atoms with Crippen LogP contribution in [-0.4, -0.2) is 41.8 Å². The number of carboxylic acids is 1. The number of hydrogen-bond acceptors (Lipinski definition) is 4. The first kappa shape index (κ1) is 14.9. The van der Waals surface area contributed by atoms with Crippen LogP contribution in [0.15, 0.2) is 0 Å². The van der Waals surface area contributed by atoms with Crippen molar-refractivity contribution in [3.8, 4) is 0 Å². The van der Waals surface area contributed by atoms with E-state index >= 15 is 0 Å². The third-order valence-electron chi connectivity index (χ3n) is 3.24. The van der Waals surface area contributed by atoms with Crippen molar-refractivity contribution in [2.75, 3.05) is 13.2 Å². The van der Waals surface area contributed by atoms with E-state index in [1.165, 1.54) is 0 Å². The Bertz CT molecular complexity index is 300. The van der Waals surface area contributed by atoms with Crippen molar-refractivity contribution in [1.82, 2.24) is 5.32 Å². The van der Waals surface area contributed by atoms with Gasteiger partial charge in [-0.15, -0.1) is 0 Å². The molecule has 1 aliphatic heterocycles. The average molecular weight is 258 g/mol. The molecule has 104 valence electrons. The van der Waals surface area contributed by atoms with Gasteiger partial charge in [-0.3, -0.25) is 4.79 Å². The fourth-order valence-corrected chi connectivity index (χ4v) is 2.14. The van der Waals surface area contributed by atoms with Crippen molar-refractivity contribution in [1.29, 1.82) is 0 Å². The van der Waals surface area contributed by atoms with E-state index in [2.05, 4.69) is 5.32 Å². The highest BCUT2D eigenvalue weighted by Gasteiger charge is 2.41. The van der Waals surface area contributed by atoms with Crippen LogP contribution in [0.25, 0.3) is 0 Å². The van der Waals surface area contributed by atoms with Crippen molar-refractivity contribution >= 4 is 11.9 Å². The Balaban J connectivity index is 2.55. The highest BCUT2D eigenvalue weighted by atomic mass is 16.5. The zero-order valence-electron chi connectivity index (χ0n) is 10.8. The van der Waals surface area contributed by atoms with Crippen LogP contribution in [0.1, 0.15) is 39.0 Å². The molecule has 0 radical (unpaired) electrons. The second-order valence-corrected chi connectivity index (χ2v) is 4.80. The molecule has 0 bridgehead atoms. The van der Waals surface area contributed by atoms with Gasteiger partial charge in [-0.1, -0.05) is 13.3 Å². The molecule has 18 heavy (non-hydrogen) atoms. The molecule has 1 rings (SSSR count). The summed E-state index contributed by atoms with van der Waals surface area (Å²) in [5, 5.41) is 11.9. The summed E-state index contributed by atoms with van der Waals surface area (Å²) in [5.74, 6) is -1.29. The molecular formula is C12H22N2O4. The normalized spacial score (nSPS) is 20.1. The van der Waals surface area contributed by atoms with E-state index < -0.39 is 11.5 Å². The summed E-state index contributed by atoms with van der Waals surface area (Å²) >= 11 is 0. The summed E-state index contributed by atoms with van der Waals surface area (Å²) < 4.78 is 5.14. The van der Waals surface area contributed by atoms with Gasteiger partial charge < -0.3 is 20.9 Å². The van der Waals surface area contributed by atoms with Crippen molar-refractivity contribution in [3.63, 3.8) is 0 Å². The number of carbonyl (C=O) groups is 2. The Morgan fingerprint density at radius 3 is 2.56 bits per heavy atom. The fraction of sp³-hybridized carbons (Fsp3) is 0.833. The number of aliphatic carboxylic acids is 1. The monoisotopic (exact) mass is 258 g/mol. The van der Waals surface area contributed by atoms with Crippen LogP contribution in [0.4, 0.5) is 0 Å².